The van der Waals surface area contributed by atoms with Crippen LogP contribution in [-0.2, 0) is 11.2 Å². The topological polar surface area (TPSA) is 50.1 Å². The predicted octanol–water partition coefficient (Wildman–Crippen LogP) is 3.20. The van der Waals surface area contributed by atoms with E-state index in [1.54, 1.807) is 6.08 Å². The molecular formula is C17H17NO2. The van der Waals surface area contributed by atoms with Gasteiger partial charge in [-0.2, -0.15) is 5.26 Å². The van der Waals surface area contributed by atoms with E-state index in [2.05, 4.69) is 6.07 Å². The van der Waals surface area contributed by atoms with E-state index < -0.39 is 11.0 Å². The fourth-order valence-corrected chi connectivity index (χ4v) is 3.31. The zero-order valence-corrected chi connectivity index (χ0v) is 11.8. The van der Waals surface area contributed by atoms with Crippen molar-refractivity contribution in [2.75, 3.05) is 0 Å². The maximum absolute atomic E-state index is 12.2. The minimum Gasteiger partial charge on any atom is -0.483 e. The van der Waals surface area contributed by atoms with E-state index in [0.717, 1.165) is 18.6 Å². The van der Waals surface area contributed by atoms with Gasteiger partial charge in [-0.3, -0.25) is 4.79 Å². The van der Waals surface area contributed by atoms with Gasteiger partial charge >= 0.3 is 0 Å². The van der Waals surface area contributed by atoms with Crippen LogP contribution in [0.15, 0.2) is 35.9 Å². The number of benzene rings is 1. The molecule has 0 fully saturated rings. The normalized spacial score (nSPS) is 27.2. The van der Waals surface area contributed by atoms with E-state index in [9.17, 15) is 10.1 Å². The van der Waals surface area contributed by atoms with Crippen molar-refractivity contribution in [1.29, 1.82) is 5.26 Å². The molecular weight excluding hydrogens is 250 g/mol. The molecule has 3 nitrogen and oxygen atoms in total. The molecule has 0 amide bonds. The minimum atomic E-state index is -0.550. The molecule has 1 aromatic carbocycles. The molecule has 1 atom stereocenters. The van der Waals surface area contributed by atoms with Gasteiger partial charge in [0.1, 0.15) is 17.4 Å². The minimum absolute atomic E-state index is 0.0758. The van der Waals surface area contributed by atoms with Crippen LogP contribution in [0.25, 0.3) is 0 Å². The van der Waals surface area contributed by atoms with Crippen LogP contribution in [0.4, 0.5) is 0 Å². The summed E-state index contributed by atoms with van der Waals surface area (Å²) >= 11 is 0. The Morgan fingerprint density at radius 1 is 1.30 bits per heavy atom. The summed E-state index contributed by atoms with van der Waals surface area (Å²) in [6, 6.07) is 10.0. The van der Waals surface area contributed by atoms with Gasteiger partial charge in [-0.15, -0.1) is 0 Å². The van der Waals surface area contributed by atoms with Crippen molar-refractivity contribution in [2.24, 2.45) is 5.41 Å². The molecule has 1 aliphatic heterocycles. The van der Waals surface area contributed by atoms with Gasteiger partial charge in [-0.05, 0) is 30.5 Å². The lowest BCUT2D eigenvalue weighted by Crippen LogP contribution is -2.48. The highest BCUT2D eigenvalue weighted by Gasteiger charge is 2.47. The second-order valence-electron chi connectivity index (χ2n) is 6.33. The van der Waals surface area contributed by atoms with E-state index in [-0.39, 0.29) is 11.4 Å². The summed E-state index contributed by atoms with van der Waals surface area (Å²) in [6.45, 7) is 3.79. The Morgan fingerprint density at radius 3 is 2.80 bits per heavy atom. The first kappa shape index (κ1) is 12.9. The molecule has 0 N–H and O–H groups in total. The van der Waals surface area contributed by atoms with Crippen LogP contribution in [-0.4, -0.2) is 11.4 Å². The molecule has 3 rings (SSSR count). The van der Waals surface area contributed by atoms with Crippen LogP contribution < -0.4 is 4.74 Å². The van der Waals surface area contributed by atoms with E-state index in [1.165, 1.54) is 5.56 Å². The number of para-hydroxylation sites is 1. The fourth-order valence-electron chi connectivity index (χ4n) is 3.31. The Balaban J connectivity index is 2.05. The zero-order valence-electron chi connectivity index (χ0n) is 11.8. The highest BCUT2D eigenvalue weighted by Crippen LogP contribution is 2.45. The second-order valence-corrected chi connectivity index (χ2v) is 6.33. The number of allylic oxidation sites excluding steroid dienone is 1. The highest BCUT2D eigenvalue weighted by atomic mass is 16.5. The largest absolute Gasteiger partial charge is 0.483 e. The van der Waals surface area contributed by atoms with Crippen LogP contribution in [0, 0.1) is 16.7 Å². The van der Waals surface area contributed by atoms with Crippen LogP contribution in [0.5, 0.6) is 5.75 Å². The van der Waals surface area contributed by atoms with Gasteiger partial charge in [-0.1, -0.05) is 32.0 Å². The van der Waals surface area contributed by atoms with Crippen molar-refractivity contribution >= 4 is 5.78 Å². The van der Waals surface area contributed by atoms with Gasteiger partial charge in [0.2, 0.25) is 0 Å². The van der Waals surface area contributed by atoms with E-state index in [1.807, 2.05) is 38.1 Å². The quantitative estimate of drug-likeness (QED) is 0.725. The smallest absolute Gasteiger partial charge is 0.178 e. The van der Waals surface area contributed by atoms with E-state index in [4.69, 9.17) is 4.74 Å². The number of nitrogens with zero attached hydrogens (tertiary/aromatic N) is 1. The molecule has 0 radical (unpaired) electrons. The van der Waals surface area contributed by atoms with Gasteiger partial charge in [0, 0.05) is 11.8 Å². The van der Waals surface area contributed by atoms with Gasteiger partial charge < -0.3 is 4.74 Å². The first-order valence-corrected chi connectivity index (χ1v) is 6.90. The lowest BCUT2D eigenvalue weighted by atomic mass is 9.68. The number of ketones is 1. The van der Waals surface area contributed by atoms with Gasteiger partial charge in [0.15, 0.2) is 5.78 Å². The van der Waals surface area contributed by atoms with Gasteiger partial charge in [0.25, 0.3) is 0 Å². The molecule has 0 bridgehead atoms. The Kier molecular flexibility index (Phi) is 2.72. The third-order valence-electron chi connectivity index (χ3n) is 4.23. The number of hydrogen-bond donors (Lipinski definition) is 0. The number of fused-ring (bicyclic) bond motifs is 1. The summed E-state index contributed by atoms with van der Waals surface area (Å²) in [5, 5.41) is 9.21. The molecule has 0 saturated heterocycles. The Morgan fingerprint density at radius 2 is 2.05 bits per heavy atom. The molecule has 0 aromatic heterocycles. The van der Waals surface area contributed by atoms with Crippen LogP contribution in [0.1, 0.15) is 32.3 Å². The number of nitriles is 1. The highest BCUT2D eigenvalue weighted by molar-refractivity contribution is 6.03. The Hall–Kier alpha value is -2.08. The summed E-state index contributed by atoms with van der Waals surface area (Å²) in [5.74, 6) is 0.797. The maximum Gasteiger partial charge on any atom is 0.178 e. The number of ether oxygens (including phenoxy) is 1. The van der Waals surface area contributed by atoms with Crippen molar-refractivity contribution < 1.29 is 9.53 Å². The number of Topliss-reactive ketones (excluding diaryl/α,β-unsaturated/α-hetero) is 1. The number of carbonyl (C=O) groups is 1. The Bertz CT molecular complexity index is 651. The molecule has 1 spiro atoms. The molecule has 0 saturated carbocycles. The summed E-state index contributed by atoms with van der Waals surface area (Å²) in [5.41, 5.74) is 0.364. The van der Waals surface area contributed by atoms with E-state index >= 15 is 0 Å². The zero-order chi connectivity index (χ0) is 14.4. The first-order valence-electron chi connectivity index (χ1n) is 6.90. The number of rotatable bonds is 0. The summed E-state index contributed by atoms with van der Waals surface area (Å²) in [6.07, 6.45) is 4.09. The molecule has 1 unspecified atom stereocenters. The van der Waals surface area contributed by atoms with Crippen LogP contribution >= 0.6 is 0 Å². The average Bonchev–Trinajstić information content (AvgIpc) is 2.42. The third-order valence-corrected chi connectivity index (χ3v) is 4.23. The molecule has 1 aliphatic carbocycles. The summed E-state index contributed by atoms with van der Waals surface area (Å²) in [7, 11) is 0. The number of aryl methyl sites for hydroxylation is 1. The van der Waals surface area contributed by atoms with Crippen LogP contribution in [0.3, 0.4) is 0 Å². The third kappa shape index (κ3) is 1.92. The lowest BCUT2D eigenvalue weighted by Gasteiger charge is -2.43. The van der Waals surface area contributed by atoms with Gasteiger partial charge in [-0.25, -0.2) is 0 Å². The molecule has 1 heterocycles. The standard InChI is InChI=1S/C17H17NO2/c1-16(2)11-17(9-13(10-18)15(16)19)8-7-12-5-3-4-6-14(12)20-17/h3-6,9H,7-8,11H2,1-2H3. The average molecular weight is 267 g/mol. The molecule has 102 valence electrons. The predicted molar refractivity (Wildman–Crippen MR) is 75.2 cm³/mol. The molecule has 20 heavy (non-hydrogen) atoms. The van der Waals surface area contributed by atoms with Crippen molar-refractivity contribution in [3.05, 3.63) is 41.5 Å². The summed E-state index contributed by atoms with van der Waals surface area (Å²) in [4.78, 5) is 12.2. The van der Waals surface area contributed by atoms with Crippen LogP contribution in [0.2, 0.25) is 0 Å². The molecule has 3 heteroatoms. The summed E-state index contributed by atoms with van der Waals surface area (Å²) < 4.78 is 6.20. The van der Waals surface area contributed by atoms with E-state index in [0.29, 0.717) is 6.42 Å². The molecule has 1 aromatic rings. The fraction of sp³-hybridized carbons (Fsp3) is 0.412. The van der Waals surface area contributed by atoms with Gasteiger partial charge in [0.05, 0.1) is 5.57 Å². The van der Waals surface area contributed by atoms with Crippen molar-refractivity contribution in [3.8, 4) is 11.8 Å². The Labute approximate surface area is 118 Å². The first-order chi connectivity index (χ1) is 9.46. The lowest BCUT2D eigenvalue weighted by molar-refractivity contribution is -0.127. The van der Waals surface area contributed by atoms with Crippen molar-refractivity contribution in [2.45, 2.75) is 38.7 Å². The SMILES string of the molecule is CC1(C)CC2(C=C(C#N)C1=O)CCc1ccccc1O2. The second kappa shape index (κ2) is 4.21. The number of hydrogen-bond acceptors (Lipinski definition) is 3. The van der Waals surface area contributed by atoms with Crippen molar-refractivity contribution in [1.82, 2.24) is 0 Å². The molecule has 2 aliphatic rings. The maximum atomic E-state index is 12.2. The monoisotopic (exact) mass is 267 g/mol. The number of carbonyl (C=O) groups excluding carboxylic acids is 1. The van der Waals surface area contributed by atoms with Crippen molar-refractivity contribution in [3.63, 3.8) is 0 Å².